The van der Waals surface area contributed by atoms with Crippen LogP contribution in [0.25, 0.3) is 49.2 Å². The van der Waals surface area contributed by atoms with Crippen molar-refractivity contribution in [2.45, 2.75) is 84.3 Å². The molecule has 2 heterocycles. The predicted molar refractivity (Wildman–Crippen MR) is 269 cm³/mol. The maximum absolute atomic E-state index is 15.0. The summed E-state index contributed by atoms with van der Waals surface area (Å²) in [6.45, 7) is 7.58. The summed E-state index contributed by atoms with van der Waals surface area (Å²) in [5.41, 5.74) is 2.96. The third-order valence-corrected chi connectivity index (χ3v) is 15.0. The smallest absolute Gasteiger partial charge is 0.224 e. The highest BCUT2D eigenvalue weighted by Crippen LogP contribution is 2.56. The lowest BCUT2D eigenvalue weighted by Crippen LogP contribution is -2.40. The molecular weight excluding hydrogens is 899 g/mol. The van der Waals surface area contributed by atoms with Gasteiger partial charge < -0.3 is 54.1 Å². The molecule has 1 unspecified atom stereocenters. The summed E-state index contributed by atoms with van der Waals surface area (Å²) < 4.78 is 27.2. The molecule has 2 aliphatic heterocycles. The van der Waals surface area contributed by atoms with Gasteiger partial charge >= 0.3 is 0 Å². The number of fused-ring (bicyclic) bond motifs is 1. The van der Waals surface area contributed by atoms with Crippen LogP contribution in [0.2, 0.25) is 0 Å². The lowest BCUT2D eigenvalue weighted by Gasteiger charge is -2.33. The second-order valence-electron chi connectivity index (χ2n) is 19.2. The summed E-state index contributed by atoms with van der Waals surface area (Å²) >= 11 is 0. The minimum absolute atomic E-state index is 0.0181. The predicted octanol–water partition coefficient (Wildman–Crippen LogP) is 5.61. The van der Waals surface area contributed by atoms with Crippen LogP contribution in [0.3, 0.4) is 0 Å². The Morgan fingerprint density at radius 2 is 1.21 bits per heavy atom. The highest BCUT2D eigenvalue weighted by Gasteiger charge is 2.37. The number of aliphatic hydroxyl groups is 2. The van der Waals surface area contributed by atoms with Gasteiger partial charge in [0.25, 0.3) is 0 Å². The molecule has 8 rings (SSSR count). The van der Waals surface area contributed by atoms with Crippen LogP contribution in [-0.2, 0) is 53.0 Å². The molecule has 1 atom stereocenters. The number of hydrogen-bond donors (Lipinski definition) is 4. The van der Waals surface area contributed by atoms with Crippen LogP contribution in [0.5, 0.6) is 11.5 Å². The molecule has 2 fully saturated rings. The third-order valence-electron chi connectivity index (χ3n) is 15.0. The largest absolute Gasteiger partial charge is 0.504 e. The number of phenols is 1. The molecule has 0 bridgehead atoms. The zero-order valence-electron chi connectivity index (χ0n) is 41.1. The summed E-state index contributed by atoms with van der Waals surface area (Å²) in [5, 5.41) is 41.1. The minimum Gasteiger partial charge on any atom is -0.504 e. The van der Waals surface area contributed by atoms with Gasteiger partial charge in [-0.3, -0.25) is 24.0 Å². The molecule has 1 aliphatic carbocycles. The molecule has 3 aliphatic rings. The van der Waals surface area contributed by atoms with Gasteiger partial charge in [0.15, 0.2) is 22.4 Å². The number of nitrogens with zero attached hydrogens (tertiary/aromatic N) is 2. The van der Waals surface area contributed by atoms with E-state index in [2.05, 4.69) is 5.32 Å². The van der Waals surface area contributed by atoms with Gasteiger partial charge in [-0.2, -0.15) is 0 Å². The van der Waals surface area contributed by atoms with E-state index in [0.29, 0.717) is 145 Å². The number of aromatic hydroxyl groups is 1. The number of aliphatic hydroxyl groups excluding tert-OH is 2. The molecule has 0 saturated carbocycles. The molecular formula is C54H67N3O13. The Balaban J connectivity index is 1.27. The number of rotatable bonds is 22. The standard InChI is InChI=1S/C54H67N3O13/c1-30-24-37-36(7-6-32-8-14-56(15-9-32)40(63)12-18-69-22-20-66-3)52(55-27-33-10-16-57(17-11-33)41(64)13-19-70-23-21-67-4)46-38(61)25-34(28-58)43-44-35(29-59)26-39(62)47-49(44)50(45(37)48(43)46)51(42(30)31(2)60)54(68-5)53(47)65/h24-26,32-33,42,55,58-59,65H,6-23,27-29H2,1-5H3. The van der Waals surface area contributed by atoms with Crippen LogP contribution in [0.1, 0.15) is 92.5 Å². The van der Waals surface area contributed by atoms with Gasteiger partial charge in [-0.05, 0) is 120 Å². The zero-order chi connectivity index (χ0) is 49.8. The molecule has 2 saturated heterocycles. The van der Waals surface area contributed by atoms with E-state index in [0.717, 1.165) is 43.2 Å². The first-order valence-corrected chi connectivity index (χ1v) is 24.7. The Hall–Kier alpha value is -5.49. The molecule has 2 amide bonds. The third kappa shape index (κ3) is 9.66. The molecule has 16 nitrogen and oxygen atoms in total. The number of piperidine rings is 2. The lowest BCUT2D eigenvalue weighted by molar-refractivity contribution is -0.134. The number of anilines is 1. The molecule has 70 heavy (non-hydrogen) atoms. The number of carbonyl (C=O) groups excluding carboxylic acids is 3. The van der Waals surface area contributed by atoms with E-state index in [4.69, 9.17) is 23.7 Å². The Labute approximate surface area is 407 Å². The van der Waals surface area contributed by atoms with E-state index in [-0.39, 0.29) is 58.0 Å². The van der Waals surface area contributed by atoms with E-state index in [1.807, 2.05) is 22.8 Å². The lowest BCUT2D eigenvalue weighted by atomic mass is 9.78. The molecule has 0 aromatic heterocycles. The topological polar surface area (TPSA) is 211 Å². The highest BCUT2D eigenvalue weighted by molar-refractivity contribution is 6.39. The minimum atomic E-state index is -0.918. The van der Waals surface area contributed by atoms with Crippen LogP contribution in [0.15, 0.2) is 27.3 Å². The molecule has 0 spiro atoms. The van der Waals surface area contributed by atoms with Crippen LogP contribution >= 0.6 is 0 Å². The quantitative estimate of drug-likeness (QED) is 0.0378. The number of benzene rings is 5. The first-order chi connectivity index (χ1) is 33.9. The molecule has 4 N–H and O–H groups in total. The second kappa shape index (κ2) is 22.3. The monoisotopic (exact) mass is 965 g/mol. The number of allylic oxidation sites excluding steroid dienone is 1. The zero-order valence-corrected chi connectivity index (χ0v) is 41.1. The van der Waals surface area contributed by atoms with Gasteiger partial charge in [0, 0.05) is 69.0 Å². The van der Waals surface area contributed by atoms with Crippen LogP contribution in [0.4, 0.5) is 5.69 Å². The Morgan fingerprint density at radius 3 is 1.73 bits per heavy atom. The number of nitrogens with one attached hydrogen (secondary N) is 1. The van der Waals surface area contributed by atoms with E-state index in [1.165, 1.54) is 26.2 Å². The van der Waals surface area contributed by atoms with E-state index in [9.17, 15) is 34.5 Å². The summed E-state index contributed by atoms with van der Waals surface area (Å²) in [7, 11) is 4.60. The van der Waals surface area contributed by atoms with Gasteiger partial charge in [-0.1, -0.05) is 11.6 Å². The number of hydrogen-bond acceptors (Lipinski definition) is 14. The summed E-state index contributed by atoms with van der Waals surface area (Å²) in [6.07, 6.45) is 6.87. The molecule has 5 aromatic carbocycles. The second-order valence-corrected chi connectivity index (χ2v) is 19.2. The average molecular weight is 966 g/mol. The van der Waals surface area contributed by atoms with Crippen molar-refractivity contribution in [3.63, 3.8) is 0 Å². The van der Waals surface area contributed by atoms with Crippen molar-refractivity contribution in [2.24, 2.45) is 11.8 Å². The number of carbonyl (C=O) groups is 3. The number of methoxy groups -OCH3 is 3. The van der Waals surface area contributed by atoms with Crippen molar-refractivity contribution in [1.82, 2.24) is 9.80 Å². The Kier molecular flexibility index (Phi) is 16.2. The van der Waals surface area contributed by atoms with Gasteiger partial charge in [0.05, 0.1) is 89.5 Å². The van der Waals surface area contributed by atoms with Crippen LogP contribution in [0, 0.1) is 11.8 Å². The fraction of sp³-hybridized carbons (Fsp3) is 0.537. The summed E-state index contributed by atoms with van der Waals surface area (Å²) in [6, 6.07) is 2.71. The molecule has 0 radical (unpaired) electrons. The maximum atomic E-state index is 15.0. The Morgan fingerprint density at radius 1 is 0.686 bits per heavy atom. The summed E-state index contributed by atoms with van der Waals surface area (Å²) in [4.78, 5) is 73.3. The number of likely N-dealkylation sites (tertiary alicyclic amines) is 2. The normalized spacial score (nSPS) is 16.8. The van der Waals surface area contributed by atoms with Crippen molar-refractivity contribution in [3.05, 3.63) is 66.0 Å². The van der Waals surface area contributed by atoms with E-state index >= 15 is 4.79 Å². The Bertz CT molecular complexity index is 2900. The number of ketones is 1. The fourth-order valence-corrected chi connectivity index (χ4v) is 11.5. The number of ether oxygens (including phenoxy) is 5. The van der Waals surface area contributed by atoms with Crippen molar-refractivity contribution in [1.29, 1.82) is 0 Å². The van der Waals surface area contributed by atoms with E-state index in [1.54, 1.807) is 14.2 Å². The van der Waals surface area contributed by atoms with Gasteiger partial charge in [-0.15, -0.1) is 0 Å². The van der Waals surface area contributed by atoms with Crippen molar-refractivity contribution >= 4 is 72.5 Å². The van der Waals surface area contributed by atoms with Crippen LogP contribution in [-0.4, -0.2) is 136 Å². The van der Waals surface area contributed by atoms with Crippen molar-refractivity contribution in [2.75, 3.05) is 99.0 Å². The van der Waals surface area contributed by atoms with Crippen LogP contribution < -0.4 is 20.9 Å². The molecule has 5 aromatic rings. The molecule has 16 heteroatoms. The number of phenolic OH excluding ortho intramolecular Hbond substituents is 1. The first-order valence-electron chi connectivity index (χ1n) is 24.7. The molecule has 376 valence electrons. The SMILES string of the molecule is COCCOCCC(=O)N1CCC(CCc2c(NCC3CCN(C(=O)CCOCCOC)CC3)c3c(=O)cc(CO)c4c5c(CO)cc(=O)c6c(O)c(OC)c7c(c(c2C=C(C)C7C(C)=O)c34)c65)CC1. The number of amides is 2. The van der Waals surface area contributed by atoms with Crippen molar-refractivity contribution < 1.29 is 53.4 Å². The highest BCUT2D eigenvalue weighted by atomic mass is 16.5. The first kappa shape index (κ1) is 50.9. The van der Waals surface area contributed by atoms with Crippen molar-refractivity contribution in [3.8, 4) is 11.5 Å². The fourth-order valence-electron chi connectivity index (χ4n) is 11.5. The summed E-state index contributed by atoms with van der Waals surface area (Å²) in [5.74, 6) is -1.09. The van der Waals surface area contributed by atoms with E-state index < -0.39 is 30.3 Å². The van der Waals surface area contributed by atoms with Gasteiger partial charge in [0.2, 0.25) is 11.8 Å². The van der Waals surface area contributed by atoms with Gasteiger partial charge in [-0.25, -0.2) is 0 Å². The average Bonchev–Trinajstić information content (AvgIpc) is 3.49. The maximum Gasteiger partial charge on any atom is 0.224 e. The van der Waals surface area contributed by atoms with Gasteiger partial charge in [0.1, 0.15) is 5.78 Å². The number of Topliss-reactive ketones (excluding diaryl/α,β-unsaturated/α-hetero) is 1.